The maximum atomic E-state index is 12.1. The van der Waals surface area contributed by atoms with Crippen LogP contribution in [0.3, 0.4) is 0 Å². The molecule has 1 N–H and O–H groups in total. The maximum absolute atomic E-state index is 12.1. The van der Waals surface area contributed by atoms with Gasteiger partial charge in [0, 0.05) is 31.3 Å². The predicted octanol–water partition coefficient (Wildman–Crippen LogP) is 1.86. The Bertz CT molecular complexity index is 565. The summed E-state index contributed by atoms with van der Waals surface area (Å²) in [6.07, 6.45) is 3.14. The van der Waals surface area contributed by atoms with E-state index in [4.69, 9.17) is 9.47 Å². The van der Waals surface area contributed by atoms with E-state index < -0.39 is 0 Å². The highest BCUT2D eigenvalue weighted by Crippen LogP contribution is 2.32. The number of methoxy groups -OCH3 is 1. The van der Waals surface area contributed by atoms with Crippen LogP contribution >= 0.6 is 0 Å². The summed E-state index contributed by atoms with van der Waals surface area (Å²) in [7, 11) is 1.66. The molecule has 1 aromatic rings. The number of allylic oxidation sites excluding steroid dienone is 2. The van der Waals surface area contributed by atoms with Crippen LogP contribution in [0.5, 0.6) is 5.75 Å². The van der Waals surface area contributed by atoms with E-state index in [-0.39, 0.29) is 11.7 Å². The van der Waals surface area contributed by atoms with Crippen LogP contribution in [0.2, 0.25) is 0 Å². The Morgan fingerprint density at radius 2 is 2.09 bits per heavy atom. The van der Waals surface area contributed by atoms with Gasteiger partial charge in [-0.2, -0.15) is 0 Å². The number of rotatable bonds is 4. The molecule has 1 aromatic carbocycles. The van der Waals surface area contributed by atoms with Crippen LogP contribution in [-0.2, 0) is 9.53 Å². The summed E-state index contributed by atoms with van der Waals surface area (Å²) in [5.41, 5.74) is 5.53. The van der Waals surface area contributed by atoms with Gasteiger partial charge in [0.25, 0.3) is 0 Å². The molecule has 118 valence electrons. The zero-order chi connectivity index (χ0) is 15.4. The predicted molar refractivity (Wildman–Crippen MR) is 83.6 cm³/mol. The molecule has 2 aliphatic rings. The summed E-state index contributed by atoms with van der Waals surface area (Å²) >= 11 is 0. The normalized spacial score (nSPS) is 23.0. The van der Waals surface area contributed by atoms with E-state index in [2.05, 4.69) is 16.5 Å². The minimum absolute atomic E-state index is 0.176. The lowest BCUT2D eigenvalue weighted by Gasteiger charge is -2.31. The third-order valence-electron chi connectivity index (χ3n) is 4.13. The molecular formula is C17H22N2O3. The average Bonchev–Trinajstić information content (AvgIpc) is 2.55. The van der Waals surface area contributed by atoms with Gasteiger partial charge in [0.1, 0.15) is 5.75 Å². The van der Waals surface area contributed by atoms with Crippen molar-refractivity contribution in [1.29, 1.82) is 0 Å². The van der Waals surface area contributed by atoms with Crippen LogP contribution in [0.25, 0.3) is 0 Å². The van der Waals surface area contributed by atoms with Crippen LogP contribution in [0.4, 0.5) is 0 Å². The molecule has 0 aromatic heterocycles. The third-order valence-corrected chi connectivity index (χ3v) is 4.13. The van der Waals surface area contributed by atoms with E-state index in [1.807, 2.05) is 18.2 Å². The average molecular weight is 302 g/mol. The van der Waals surface area contributed by atoms with Crippen molar-refractivity contribution < 1.29 is 14.3 Å². The highest BCUT2D eigenvalue weighted by atomic mass is 16.5. The van der Waals surface area contributed by atoms with E-state index >= 15 is 0 Å². The topological polar surface area (TPSA) is 50.8 Å². The molecule has 0 unspecified atom stereocenters. The first-order valence-corrected chi connectivity index (χ1v) is 7.71. The number of hydrazine groups is 1. The third kappa shape index (κ3) is 3.67. The molecular weight excluding hydrogens is 280 g/mol. The van der Waals surface area contributed by atoms with Gasteiger partial charge in [-0.15, -0.1) is 0 Å². The standard InChI is InChI=1S/C17H22N2O3/c1-21-17-4-2-3-13(11-17)14-9-15(12-16(20)10-14)18-19-5-7-22-8-6-19/h2-4,11-12,14,18H,5-10H2,1H3/t14-/m0/s1. The summed E-state index contributed by atoms with van der Waals surface area (Å²) in [4.78, 5) is 12.1. The van der Waals surface area contributed by atoms with Crippen LogP contribution in [0, 0.1) is 0 Å². The largest absolute Gasteiger partial charge is 0.497 e. The molecule has 0 amide bonds. The number of carbonyl (C=O) groups is 1. The van der Waals surface area contributed by atoms with Gasteiger partial charge >= 0.3 is 0 Å². The number of nitrogens with zero attached hydrogens (tertiary/aromatic N) is 1. The fraction of sp³-hybridized carbons (Fsp3) is 0.471. The lowest BCUT2D eigenvalue weighted by atomic mass is 9.85. The van der Waals surface area contributed by atoms with E-state index in [9.17, 15) is 4.79 Å². The van der Waals surface area contributed by atoms with Crippen LogP contribution < -0.4 is 10.2 Å². The van der Waals surface area contributed by atoms with Crippen molar-refractivity contribution >= 4 is 5.78 Å². The zero-order valence-electron chi connectivity index (χ0n) is 12.9. The summed E-state index contributed by atoms with van der Waals surface area (Å²) < 4.78 is 10.6. The van der Waals surface area contributed by atoms with Crippen LogP contribution in [-0.4, -0.2) is 44.2 Å². The molecule has 1 fully saturated rings. The summed E-state index contributed by atoms with van der Waals surface area (Å²) in [5.74, 6) is 1.22. The minimum atomic E-state index is 0.176. The number of ketones is 1. The van der Waals surface area contributed by atoms with Crippen molar-refractivity contribution in [3.05, 3.63) is 41.6 Å². The van der Waals surface area contributed by atoms with Gasteiger partial charge in [-0.05, 0) is 30.0 Å². The first-order chi connectivity index (χ1) is 10.7. The van der Waals surface area contributed by atoms with Crippen LogP contribution in [0.15, 0.2) is 36.0 Å². The first kappa shape index (κ1) is 15.1. The number of nitrogens with one attached hydrogen (secondary N) is 1. The van der Waals surface area contributed by atoms with Gasteiger partial charge in [0.2, 0.25) is 0 Å². The van der Waals surface area contributed by atoms with E-state index in [0.717, 1.165) is 49.7 Å². The number of ether oxygens (including phenoxy) is 2. The monoisotopic (exact) mass is 302 g/mol. The van der Waals surface area contributed by atoms with Crippen molar-refractivity contribution in [1.82, 2.24) is 10.4 Å². The molecule has 5 heteroatoms. The molecule has 1 saturated heterocycles. The maximum Gasteiger partial charge on any atom is 0.158 e. The molecule has 0 spiro atoms. The van der Waals surface area contributed by atoms with Crippen molar-refractivity contribution in [2.45, 2.75) is 18.8 Å². The Labute approximate surface area is 130 Å². The molecule has 3 rings (SSSR count). The molecule has 1 aliphatic carbocycles. The van der Waals surface area contributed by atoms with Gasteiger partial charge in [-0.3, -0.25) is 4.79 Å². The zero-order valence-corrected chi connectivity index (χ0v) is 12.9. The van der Waals surface area contributed by atoms with Crippen molar-refractivity contribution in [3.63, 3.8) is 0 Å². The quantitative estimate of drug-likeness (QED) is 0.920. The second-order valence-corrected chi connectivity index (χ2v) is 5.73. The number of hydrogen-bond donors (Lipinski definition) is 1. The van der Waals surface area contributed by atoms with Gasteiger partial charge in [-0.25, -0.2) is 5.01 Å². The Kier molecular flexibility index (Phi) is 4.75. The molecule has 22 heavy (non-hydrogen) atoms. The molecule has 1 atom stereocenters. The first-order valence-electron chi connectivity index (χ1n) is 7.71. The van der Waals surface area contributed by atoms with Gasteiger partial charge in [0.15, 0.2) is 5.78 Å². The van der Waals surface area contributed by atoms with Crippen LogP contribution in [0.1, 0.15) is 24.3 Å². The molecule has 1 heterocycles. The smallest absolute Gasteiger partial charge is 0.158 e. The SMILES string of the molecule is COc1cccc([C@@H]2CC(=O)C=C(NN3CCOCC3)C2)c1. The number of morpholine rings is 1. The van der Waals surface area contributed by atoms with Gasteiger partial charge in [-0.1, -0.05) is 12.1 Å². The lowest BCUT2D eigenvalue weighted by molar-refractivity contribution is -0.115. The molecule has 5 nitrogen and oxygen atoms in total. The molecule has 1 aliphatic heterocycles. The fourth-order valence-electron chi connectivity index (χ4n) is 2.98. The van der Waals surface area contributed by atoms with E-state index in [1.54, 1.807) is 13.2 Å². The Morgan fingerprint density at radius 1 is 1.27 bits per heavy atom. The van der Waals surface area contributed by atoms with Crippen molar-refractivity contribution in [2.24, 2.45) is 0 Å². The summed E-state index contributed by atoms with van der Waals surface area (Å²) in [6, 6.07) is 8.00. The van der Waals surface area contributed by atoms with E-state index in [0.29, 0.717) is 6.42 Å². The Morgan fingerprint density at radius 3 is 2.86 bits per heavy atom. The van der Waals surface area contributed by atoms with Crippen molar-refractivity contribution in [3.8, 4) is 5.75 Å². The minimum Gasteiger partial charge on any atom is -0.497 e. The number of carbonyl (C=O) groups excluding carboxylic acids is 1. The number of benzene rings is 1. The number of hydrogen-bond acceptors (Lipinski definition) is 5. The molecule has 0 radical (unpaired) electrons. The lowest BCUT2D eigenvalue weighted by Crippen LogP contribution is -2.45. The van der Waals surface area contributed by atoms with Gasteiger partial charge < -0.3 is 14.9 Å². The Hall–Kier alpha value is -1.85. The second kappa shape index (κ2) is 6.94. The molecule has 0 saturated carbocycles. The van der Waals surface area contributed by atoms with Gasteiger partial charge in [0.05, 0.1) is 20.3 Å². The summed E-state index contributed by atoms with van der Waals surface area (Å²) in [5, 5.41) is 2.12. The highest BCUT2D eigenvalue weighted by Gasteiger charge is 2.24. The summed E-state index contributed by atoms with van der Waals surface area (Å²) in [6.45, 7) is 3.14. The second-order valence-electron chi connectivity index (χ2n) is 5.73. The van der Waals surface area contributed by atoms with E-state index in [1.165, 1.54) is 0 Å². The van der Waals surface area contributed by atoms with Crippen molar-refractivity contribution in [2.75, 3.05) is 33.4 Å². The highest BCUT2D eigenvalue weighted by molar-refractivity contribution is 5.91. The Balaban J connectivity index is 1.69. The molecule has 0 bridgehead atoms. The fourth-order valence-corrected chi connectivity index (χ4v) is 2.98.